The molecule has 1 fully saturated rings. The van der Waals surface area contributed by atoms with Gasteiger partial charge in [0.25, 0.3) is 0 Å². The number of hydrogen-bond acceptors (Lipinski definition) is 3. The molecule has 1 aliphatic rings. The zero-order valence-electron chi connectivity index (χ0n) is 14.2. The van der Waals surface area contributed by atoms with Crippen molar-refractivity contribution in [3.05, 3.63) is 0 Å². The van der Waals surface area contributed by atoms with E-state index < -0.39 is 0 Å². The zero-order chi connectivity index (χ0) is 15.3. The van der Waals surface area contributed by atoms with E-state index >= 15 is 0 Å². The van der Waals surface area contributed by atoms with E-state index in [1.165, 1.54) is 12.2 Å². The molecule has 1 aliphatic carbocycles. The summed E-state index contributed by atoms with van der Waals surface area (Å²) in [6.07, 6.45) is 6.33. The Balaban J connectivity index is 2.53. The molecule has 0 aromatic carbocycles. The second kappa shape index (κ2) is 7.84. The number of thioether (sulfide) groups is 1. The Morgan fingerprint density at radius 3 is 2.60 bits per heavy atom. The van der Waals surface area contributed by atoms with Gasteiger partial charge in [-0.15, -0.1) is 0 Å². The second-order valence-electron chi connectivity index (χ2n) is 7.57. The molecule has 118 valence electrons. The molecule has 1 rings (SSSR count). The molecule has 0 spiro atoms. The number of rotatable bonds is 6. The van der Waals surface area contributed by atoms with Crippen molar-refractivity contribution in [2.75, 3.05) is 25.6 Å². The highest BCUT2D eigenvalue weighted by molar-refractivity contribution is 7.98. The van der Waals surface area contributed by atoms with Crippen molar-refractivity contribution in [1.82, 2.24) is 4.90 Å². The van der Waals surface area contributed by atoms with E-state index in [0.29, 0.717) is 23.2 Å². The van der Waals surface area contributed by atoms with Gasteiger partial charge in [-0.2, -0.15) is 11.8 Å². The van der Waals surface area contributed by atoms with Gasteiger partial charge >= 0.3 is 0 Å². The second-order valence-corrected chi connectivity index (χ2v) is 8.56. The minimum Gasteiger partial charge on any atom is -0.303 e. The van der Waals surface area contributed by atoms with E-state index in [0.717, 1.165) is 25.8 Å². The first-order valence-corrected chi connectivity index (χ1v) is 9.37. The fourth-order valence-corrected chi connectivity index (χ4v) is 3.69. The van der Waals surface area contributed by atoms with Crippen molar-refractivity contribution in [2.24, 2.45) is 17.3 Å². The third-order valence-corrected chi connectivity index (χ3v) is 5.63. The van der Waals surface area contributed by atoms with Gasteiger partial charge in [-0.05, 0) is 56.6 Å². The molecule has 1 saturated carbocycles. The molecule has 2 nitrogen and oxygen atoms in total. The Hall–Kier alpha value is -0.0200. The minimum absolute atomic E-state index is 0.259. The third-order valence-electron chi connectivity index (χ3n) is 4.99. The molecular formula is C17H33NOS. The topological polar surface area (TPSA) is 20.3 Å². The SMILES string of the molecule is CSCCC(C)N(C)CC1CC(C(C)(C)C)CCC1=O. The van der Waals surface area contributed by atoms with Crippen LogP contribution in [0.3, 0.4) is 0 Å². The highest BCUT2D eigenvalue weighted by Crippen LogP contribution is 2.39. The average molecular weight is 300 g/mol. The summed E-state index contributed by atoms with van der Waals surface area (Å²) in [5, 5.41) is 0. The lowest BCUT2D eigenvalue weighted by atomic mass is 9.68. The first kappa shape index (κ1) is 18.0. The van der Waals surface area contributed by atoms with Crippen molar-refractivity contribution >= 4 is 17.5 Å². The lowest BCUT2D eigenvalue weighted by molar-refractivity contribution is -0.127. The summed E-state index contributed by atoms with van der Waals surface area (Å²) >= 11 is 1.90. The number of carbonyl (C=O) groups is 1. The highest BCUT2D eigenvalue weighted by Gasteiger charge is 2.35. The van der Waals surface area contributed by atoms with Crippen molar-refractivity contribution in [1.29, 1.82) is 0 Å². The standard InChI is InChI=1S/C17H33NOS/c1-13(9-10-20-6)18(5)12-14-11-15(17(2,3)4)7-8-16(14)19/h13-15H,7-12H2,1-6H3. The molecule has 0 bridgehead atoms. The molecular weight excluding hydrogens is 266 g/mol. The summed E-state index contributed by atoms with van der Waals surface area (Å²) < 4.78 is 0. The Morgan fingerprint density at radius 1 is 1.40 bits per heavy atom. The first-order chi connectivity index (χ1) is 9.25. The maximum absolute atomic E-state index is 12.2. The monoisotopic (exact) mass is 299 g/mol. The van der Waals surface area contributed by atoms with Crippen LogP contribution in [0.1, 0.15) is 53.4 Å². The smallest absolute Gasteiger partial charge is 0.137 e. The van der Waals surface area contributed by atoms with Crippen molar-refractivity contribution < 1.29 is 4.79 Å². The predicted octanol–water partition coefficient (Wildman–Crippen LogP) is 4.09. The first-order valence-electron chi connectivity index (χ1n) is 7.97. The van der Waals surface area contributed by atoms with Crippen LogP contribution in [0.15, 0.2) is 0 Å². The summed E-state index contributed by atoms with van der Waals surface area (Å²) in [6, 6.07) is 0.574. The van der Waals surface area contributed by atoms with E-state index in [-0.39, 0.29) is 5.92 Å². The fraction of sp³-hybridized carbons (Fsp3) is 0.941. The van der Waals surface area contributed by atoms with Gasteiger partial charge < -0.3 is 4.90 Å². The predicted molar refractivity (Wildman–Crippen MR) is 90.4 cm³/mol. The van der Waals surface area contributed by atoms with Crippen LogP contribution in [-0.2, 0) is 4.79 Å². The third kappa shape index (κ3) is 5.40. The highest BCUT2D eigenvalue weighted by atomic mass is 32.2. The molecule has 0 aliphatic heterocycles. The van der Waals surface area contributed by atoms with Crippen LogP contribution in [-0.4, -0.2) is 42.3 Å². The van der Waals surface area contributed by atoms with Crippen molar-refractivity contribution in [2.45, 2.75) is 59.4 Å². The molecule has 0 amide bonds. The van der Waals surface area contributed by atoms with E-state index in [1.54, 1.807) is 0 Å². The van der Waals surface area contributed by atoms with E-state index in [4.69, 9.17) is 0 Å². The van der Waals surface area contributed by atoms with Crippen molar-refractivity contribution in [3.8, 4) is 0 Å². The lowest BCUT2D eigenvalue weighted by Crippen LogP contribution is -2.41. The number of hydrogen-bond donors (Lipinski definition) is 0. The molecule has 0 heterocycles. The molecule has 3 heteroatoms. The van der Waals surface area contributed by atoms with Crippen LogP contribution in [0.4, 0.5) is 0 Å². The Labute approximate surface area is 130 Å². The van der Waals surface area contributed by atoms with E-state index in [2.05, 4.69) is 45.9 Å². The van der Waals surface area contributed by atoms with Crippen LogP contribution in [0.5, 0.6) is 0 Å². The summed E-state index contributed by atoms with van der Waals surface area (Å²) in [6.45, 7) is 10.2. The molecule has 0 aromatic heterocycles. The quantitative estimate of drug-likeness (QED) is 0.737. The Kier molecular flexibility index (Phi) is 7.07. The molecule has 0 radical (unpaired) electrons. The van der Waals surface area contributed by atoms with Gasteiger partial charge in [0.05, 0.1) is 0 Å². The van der Waals surface area contributed by atoms with Gasteiger partial charge in [0.2, 0.25) is 0 Å². The summed E-state index contributed by atoms with van der Waals surface area (Å²) in [5.41, 5.74) is 0.335. The number of ketones is 1. The normalized spacial score (nSPS) is 26.1. The van der Waals surface area contributed by atoms with E-state index in [9.17, 15) is 4.79 Å². The van der Waals surface area contributed by atoms with Gasteiger partial charge in [-0.3, -0.25) is 4.79 Å². The summed E-state index contributed by atoms with van der Waals surface area (Å²) in [4.78, 5) is 14.6. The van der Waals surface area contributed by atoms with Gasteiger partial charge in [-0.25, -0.2) is 0 Å². The Bertz CT molecular complexity index is 311. The van der Waals surface area contributed by atoms with Crippen LogP contribution < -0.4 is 0 Å². The maximum atomic E-state index is 12.2. The molecule has 20 heavy (non-hydrogen) atoms. The molecule has 0 aromatic rings. The zero-order valence-corrected chi connectivity index (χ0v) is 15.1. The van der Waals surface area contributed by atoms with E-state index in [1.807, 2.05) is 11.8 Å². The summed E-state index contributed by atoms with van der Waals surface area (Å²) in [7, 11) is 2.18. The minimum atomic E-state index is 0.259. The number of nitrogens with zero attached hydrogens (tertiary/aromatic N) is 1. The van der Waals surface area contributed by atoms with Crippen LogP contribution in [0.2, 0.25) is 0 Å². The molecule has 0 N–H and O–H groups in total. The lowest BCUT2D eigenvalue weighted by Gasteiger charge is -2.39. The fourth-order valence-electron chi connectivity index (χ4n) is 3.11. The van der Waals surface area contributed by atoms with Gasteiger partial charge in [0.15, 0.2) is 0 Å². The molecule has 0 saturated heterocycles. The summed E-state index contributed by atoms with van der Waals surface area (Å²) in [5.74, 6) is 2.65. The van der Waals surface area contributed by atoms with Crippen LogP contribution in [0.25, 0.3) is 0 Å². The average Bonchev–Trinajstić information content (AvgIpc) is 2.37. The number of Topliss-reactive ketones (excluding diaryl/α,β-unsaturated/α-hetero) is 1. The maximum Gasteiger partial charge on any atom is 0.137 e. The van der Waals surface area contributed by atoms with Gasteiger partial charge in [0.1, 0.15) is 5.78 Å². The number of carbonyl (C=O) groups excluding carboxylic acids is 1. The van der Waals surface area contributed by atoms with Crippen LogP contribution in [0, 0.1) is 17.3 Å². The molecule has 3 unspecified atom stereocenters. The van der Waals surface area contributed by atoms with Crippen LogP contribution >= 0.6 is 11.8 Å². The molecule has 3 atom stereocenters. The largest absolute Gasteiger partial charge is 0.303 e. The van der Waals surface area contributed by atoms with Crippen molar-refractivity contribution in [3.63, 3.8) is 0 Å². The van der Waals surface area contributed by atoms with Gasteiger partial charge in [0, 0.05) is 24.9 Å². The van der Waals surface area contributed by atoms with Gasteiger partial charge in [-0.1, -0.05) is 20.8 Å². The Morgan fingerprint density at radius 2 is 2.05 bits per heavy atom.